The molecule has 5 nitrogen and oxygen atoms in total. The molecule has 2 N–H and O–H groups in total. The van der Waals surface area contributed by atoms with Crippen LogP contribution in [0, 0.1) is 0 Å². The zero-order valence-corrected chi connectivity index (χ0v) is 13.0. The van der Waals surface area contributed by atoms with Gasteiger partial charge in [0.2, 0.25) is 0 Å². The number of nitrogens with one attached hydrogen (secondary N) is 1. The SMILES string of the molecule is CCC(NC(=O)COc1ccccc1C(C)(C)C)C(=O)O. The largest absolute Gasteiger partial charge is 0.483 e. The van der Waals surface area contributed by atoms with E-state index in [9.17, 15) is 9.59 Å². The van der Waals surface area contributed by atoms with Crippen LogP contribution >= 0.6 is 0 Å². The van der Waals surface area contributed by atoms with E-state index >= 15 is 0 Å². The fraction of sp³-hybridized carbons (Fsp3) is 0.500. The molecule has 0 saturated carbocycles. The first-order chi connectivity index (χ1) is 9.75. The molecule has 21 heavy (non-hydrogen) atoms. The van der Waals surface area contributed by atoms with E-state index in [0.29, 0.717) is 12.2 Å². The third-order valence-corrected chi connectivity index (χ3v) is 3.10. The molecule has 1 unspecified atom stereocenters. The summed E-state index contributed by atoms with van der Waals surface area (Å²) in [7, 11) is 0. The van der Waals surface area contributed by atoms with Crippen molar-refractivity contribution in [3.63, 3.8) is 0 Å². The summed E-state index contributed by atoms with van der Waals surface area (Å²) < 4.78 is 5.55. The molecule has 0 fully saturated rings. The Hall–Kier alpha value is -2.04. The number of carbonyl (C=O) groups is 2. The lowest BCUT2D eigenvalue weighted by molar-refractivity contribution is -0.142. The van der Waals surface area contributed by atoms with E-state index in [4.69, 9.17) is 9.84 Å². The van der Waals surface area contributed by atoms with E-state index < -0.39 is 17.9 Å². The molecule has 1 rings (SSSR count). The highest BCUT2D eigenvalue weighted by atomic mass is 16.5. The average molecular weight is 293 g/mol. The average Bonchev–Trinajstić information content (AvgIpc) is 2.41. The van der Waals surface area contributed by atoms with Gasteiger partial charge in [-0.2, -0.15) is 0 Å². The van der Waals surface area contributed by atoms with E-state index in [0.717, 1.165) is 5.56 Å². The number of hydrogen-bond acceptors (Lipinski definition) is 3. The molecule has 1 atom stereocenters. The van der Waals surface area contributed by atoms with Gasteiger partial charge < -0.3 is 15.2 Å². The van der Waals surface area contributed by atoms with Gasteiger partial charge in [-0.1, -0.05) is 45.9 Å². The van der Waals surface area contributed by atoms with Gasteiger partial charge >= 0.3 is 5.97 Å². The van der Waals surface area contributed by atoms with Crippen molar-refractivity contribution in [2.24, 2.45) is 0 Å². The van der Waals surface area contributed by atoms with Crippen LogP contribution in [0.15, 0.2) is 24.3 Å². The Labute approximate surface area is 125 Å². The second-order valence-corrected chi connectivity index (χ2v) is 5.90. The number of carboxylic acids is 1. The maximum atomic E-state index is 11.8. The van der Waals surface area contributed by atoms with Crippen molar-refractivity contribution < 1.29 is 19.4 Å². The smallest absolute Gasteiger partial charge is 0.326 e. The number of para-hydroxylation sites is 1. The Kier molecular flexibility index (Phi) is 5.76. The number of amides is 1. The van der Waals surface area contributed by atoms with Crippen molar-refractivity contribution in [2.45, 2.75) is 45.6 Å². The molecule has 0 radical (unpaired) electrons. The number of carbonyl (C=O) groups excluding carboxylic acids is 1. The van der Waals surface area contributed by atoms with Gasteiger partial charge in [0.15, 0.2) is 6.61 Å². The fourth-order valence-corrected chi connectivity index (χ4v) is 1.93. The summed E-state index contributed by atoms with van der Waals surface area (Å²) in [5, 5.41) is 11.3. The molecule has 0 saturated heterocycles. The number of carboxylic acid groups (broad SMARTS) is 1. The zero-order valence-electron chi connectivity index (χ0n) is 13.0. The van der Waals surface area contributed by atoms with E-state index in [2.05, 4.69) is 26.1 Å². The molecule has 0 aliphatic carbocycles. The molecular formula is C16H23NO4. The van der Waals surface area contributed by atoms with Gasteiger partial charge in [-0.05, 0) is 23.5 Å². The Morgan fingerprint density at radius 3 is 2.43 bits per heavy atom. The second kappa shape index (κ2) is 7.11. The van der Waals surface area contributed by atoms with Crippen molar-refractivity contribution in [3.05, 3.63) is 29.8 Å². The van der Waals surface area contributed by atoms with Gasteiger partial charge in [0.05, 0.1) is 0 Å². The van der Waals surface area contributed by atoms with E-state index in [1.165, 1.54) is 0 Å². The molecule has 0 spiro atoms. The van der Waals surface area contributed by atoms with Crippen LogP contribution in [0.5, 0.6) is 5.75 Å². The lowest BCUT2D eigenvalue weighted by Crippen LogP contribution is -2.42. The summed E-state index contributed by atoms with van der Waals surface area (Å²) in [5.41, 5.74) is 0.906. The minimum atomic E-state index is -1.04. The predicted octanol–water partition coefficient (Wildman–Crippen LogP) is 2.34. The molecule has 0 aliphatic heterocycles. The Bertz CT molecular complexity index is 505. The maximum Gasteiger partial charge on any atom is 0.326 e. The van der Waals surface area contributed by atoms with Crippen molar-refractivity contribution in [2.75, 3.05) is 6.61 Å². The van der Waals surface area contributed by atoms with Crippen LogP contribution in [0.3, 0.4) is 0 Å². The number of aliphatic carboxylic acids is 1. The normalized spacial score (nSPS) is 12.6. The number of ether oxygens (including phenoxy) is 1. The first-order valence-electron chi connectivity index (χ1n) is 7.00. The predicted molar refractivity (Wildman–Crippen MR) is 80.5 cm³/mol. The summed E-state index contributed by atoms with van der Waals surface area (Å²) in [4.78, 5) is 22.6. The molecular weight excluding hydrogens is 270 g/mol. The minimum Gasteiger partial charge on any atom is -0.483 e. The van der Waals surface area contributed by atoms with E-state index in [-0.39, 0.29) is 12.0 Å². The molecule has 1 aromatic carbocycles. The lowest BCUT2D eigenvalue weighted by Gasteiger charge is -2.22. The fourth-order valence-electron chi connectivity index (χ4n) is 1.93. The highest BCUT2D eigenvalue weighted by Crippen LogP contribution is 2.30. The minimum absolute atomic E-state index is 0.0971. The van der Waals surface area contributed by atoms with Crippen LogP contribution in [0.4, 0.5) is 0 Å². The van der Waals surface area contributed by atoms with Crippen molar-refractivity contribution in [1.29, 1.82) is 0 Å². The van der Waals surface area contributed by atoms with Gasteiger partial charge in [0.25, 0.3) is 5.91 Å². The topological polar surface area (TPSA) is 75.6 Å². The molecule has 0 bridgehead atoms. The molecule has 0 aliphatic rings. The monoisotopic (exact) mass is 293 g/mol. The summed E-state index contributed by atoms with van der Waals surface area (Å²) >= 11 is 0. The number of benzene rings is 1. The highest BCUT2D eigenvalue weighted by Gasteiger charge is 2.20. The zero-order chi connectivity index (χ0) is 16.0. The van der Waals surface area contributed by atoms with Gasteiger partial charge in [-0.3, -0.25) is 4.79 Å². The van der Waals surface area contributed by atoms with E-state index in [1.54, 1.807) is 6.92 Å². The van der Waals surface area contributed by atoms with Gasteiger partial charge in [-0.25, -0.2) is 4.79 Å². The molecule has 1 aromatic rings. The Morgan fingerprint density at radius 1 is 1.29 bits per heavy atom. The molecule has 0 aromatic heterocycles. The van der Waals surface area contributed by atoms with Gasteiger partial charge in [0, 0.05) is 0 Å². The molecule has 116 valence electrons. The van der Waals surface area contributed by atoms with Crippen LogP contribution in [-0.4, -0.2) is 29.6 Å². The van der Waals surface area contributed by atoms with Crippen LogP contribution in [0.2, 0.25) is 0 Å². The lowest BCUT2D eigenvalue weighted by atomic mass is 9.86. The number of rotatable bonds is 6. The third-order valence-electron chi connectivity index (χ3n) is 3.10. The first-order valence-corrected chi connectivity index (χ1v) is 7.00. The Balaban J connectivity index is 2.68. The molecule has 5 heteroatoms. The van der Waals surface area contributed by atoms with E-state index in [1.807, 2.05) is 24.3 Å². The summed E-state index contributed by atoms with van der Waals surface area (Å²) in [6.07, 6.45) is 0.333. The number of hydrogen-bond donors (Lipinski definition) is 2. The summed E-state index contributed by atoms with van der Waals surface area (Å²) in [5.74, 6) is -0.836. The molecule has 1 amide bonds. The Morgan fingerprint density at radius 2 is 1.90 bits per heavy atom. The van der Waals surface area contributed by atoms with Crippen molar-refractivity contribution in [3.8, 4) is 5.75 Å². The molecule has 0 heterocycles. The quantitative estimate of drug-likeness (QED) is 0.844. The van der Waals surface area contributed by atoms with Crippen LogP contribution in [0.1, 0.15) is 39.7 Å². The summed E-state index contributed by atoms with van der Waals surface area (Å²) in [6, 6.07) is 6.65. The van der Waals surface area contributed by atoms with Gasteiger partial charge in [-0.15, -0.1) is 0 Å². The third kappa shape index (κ3) is 5.10. The van der Waals surface area contributed by atoms with Crippen molar-refractivity contribution >= 4 is 11.9 Å². The second-order valence-electron chi connectivity index (χ2n) is 5.90. The first kappa shape index (κ1) is 17.0. The van der Waals surface area contributed by atoms with Gasteiger partial charge in [0.1, 0.15) is 11.8 Å². The standard InChI is InChI=1S/C16H23NO4/c1-5-12(15(19)20)17-14(18)10-21-13-9-7-6-8-11(13)16(2,3)4/h6-9,12H,5,10H2,1-4H3,(H,17,18)(H,19,20). The van der Waals surface area contributed by atoms with Crippen molar-refractivity contribution in [1.82, 2.24) is 5.32 Å². The summed E-state index contributed by atoms with van der Waals surface area (Å²) in [6.45, 7) is 7.69. The highest BCUT2D eigenvalue weighted by molar-refractivity contribution is 5.84. The van der Waals surface area contributed by atoms with Crippen LogP contribution in [-0.2, 0) is 15.0 Å². The van der Waals surface area contributed by atoms with Crippen LogP contribution in [0.25, 0.3) is 0 Å². The van der Waals surface area contributed by atoms with Crippen LogP contribution < -0.4 is 10.1 Å². The maximum absolute atomic E-state index is 11.8.